The molecule has 5 heteroatoms. The van der Waals surface area contributed by atoms with Crippen molar-refractivity contribution >= 4 is 23.3 Å². The summed E-state index contributed by atoms with van der Waals surface area (Å²) in [6.45, 7) is 2.11. The number of para-hydroxylation sites is 1. The number of nitrogens with zero attached hydrogens (tertiary/aromatic N) is 1. The van der Waals surface area contributed by atoms with E-state index in [0.717, 1.165) is 22.4 Å². The summed E-state index contributed by atoms with van der Waals surface area (Å²) in [5.41, 5.74) is 3.34. The van der Waals surface area contributed by atoms with Crippen molar-refractivity contribution in [3.8, 4) is 16.9 Å². The maximum absolute atomic E-state index is 13.4. The third-order valence-corrected chi connectivity index (χ3v) is 6.30. The molecule has 1 saturated heterocycles. The molecule has 0 N–H and O–H groups in total. The molecule has 1 amide bonds. The number of ether oxygens (including phenoxy) is 1. The third-order valence-electron chi connectivity index (χ3n) is 5.95. The van der Waals surface area contributed by atoms with Crippen LogP contribution in [0.15, 0.2) is 72.8 Å². The highest BCUT2D eigenvalue weighted by Crippen LogP contribution is 2.41. The van der Waals surface area contributed by atoms with Crippen molar-refractivity contribution in [2.24, 2.45) is 5.92 Å². The lowest BCUT2D eigenvalue weighted by atomic mass is 9.90. The van der Waals surface area contributed by atoms with Gasteiger partial charge in [-0.05, 0) is 48.7 Å². The zero-order valence-electron chi connectivity index (χ0n) is 17.5. The molecular weight excluding hydrogens is 410 g/mol. The van der Waals surface area contributed by atoms with Gasteiger partial charge in [0.25, 0.3) is 5.91 Å². The summed E-state index contributed by atoms with van der Waals surface area (Å²) in [6, 6.07) is 22.4. The Morgan fingerprint density at radius 1 is 0.968 bits per heavy atom. The molecule has 1 aliphatic heterocycles. The number of benzene rings is 3. The van der Waals surface area contributed by atoms with E-state index in [1.807, 2.05) is 66.7 Å². The van der Waals surface area contributed by atoms with Gasteiger partial charge in [0.1, 0.15) is 11.5 Å². The van der Waals surface area contributed by atoms with E-state index < -0.39 is 0 Å². The lowest BCUT2D eigenvalue weighted by Gasteiger charge is -2.28. The predicted octanol–water partition coefficient (Wildman–Crippen LogP) is 5.81. The van der Waals surface area contributed by atoms with Gasteiger partial charge in [0.15, 0.2) is 0 Å². The van der Waals surface area contributed by atoms with E-state index in [4.69, 9.17) is 16.3 Å². The molecule has 3 aromatic carbocycles. The topological polar surface area (TPSA) is 46.6 Å². The van der Waals surface area contributed by atoms with Crippen LogP contribution in [-0.2, 0) is 4.79 Å². The Balaban J connectivity index is 1.65. The fraction of sp³-hybridized carbons (Fsp3) is 0.231. The van der Waals surface area contributed by atoms with E-state index in [-0.39, 0.29) is 23.7 Å². The van der Waals surface area contributed by atoms with E-state index >= 15 is 0 Å². The first-order valence-corrected chi connectivity index (χ1v) is 10.7. The first-order valence-electron chi connectivity index (χ1n) is 10.3. The number of amides is 1. The highest BCUT2D eigenvalue weighted by atomic mass is 35.5. The van der Waals surface area contributed by atoms with E-state index in [2.05, 4.69) is 0 Å². The first kappa shape index (κ1) is 21.1. The minimum Gasteiger partial charge on any atom is -0.496 e. The summed E-state index contributed by atoms with van der Waals surface area (Å²) < 4.78 is 5.45. The van der Waals surface area contributed by atoms with Gasteiger partial charge in [0, 0.05) is 28.6 Å². The molecule has 1 fully saturated rings. The van der Waals surface area contributed by atoms with Gasteiger partial charge in [-0.2, -0.15) is 0 Å². The van der Waals surface area contributed by atoms with Gasteiger partial charge in [0.2, 0.25) is 0 Å². The third kappa shape index (κ3) is 4.08. The van der Waals surface area contributed by atoms with Crippen LogP contribution in [-0.4, -0.2) is 30.2 Å². The maximum Gasteiger partial charge on any atom is 0.254 e. The average Bonchev–Trinajstić information content (AvgIpc) is 3.24. The second-order valence-electron chi connectivity index (χ2n) is 7.75. The van der Waals surface area contributed by atoms with Crippen molar-refractivity contribution in [1.29, 1.82) is 0 Å². The highest BCUT2D eigenvalue weighted by molar-refractivity contribution is 6.31. The smallest absolute Gasteiger partial charge is 0.254 e. The minimum atomic E-state index is -0.354. The van der Waals surface area contributed by atoms with Crippen LogP contribution >= 0.6 is 11.6 Å². The van der Waals surface area contributed by atoms with Gasteiger partial charge in [-0.3, -0.25) is 9.59 Å². The van der Waals surface area contributed by atoms with Crippen LogP contribution in [0.4, 0.5) is 0 Å². The minimum absolute atomic E-state index is 0.0757. The van der Waals surface area contributed by atoms with Gasteiger partial charge in [-0.15, -0.1) is 0 Å². The standard InChI is InChI=1S/C26H24ClNO3/c1-17(29)20-15-16-28(25(20)22-8-3-5-9-23(22)27)26(30)19-13-11-18(12-14-19)21-7-4-6-10-24(21)31-2/h3-14,20,25H,15-16H2,1-2H3/t20?,25-/m1/s1. The Morgan fingerprint density at radius 3 is 2.32 bits per heavy atom. The van der Waals surface area contributed by atoms with Gasteiger partial charge in [-0.1, -0.05) is 60.1 Å². The van der Waals surface area contributed by atoms with E-state index in [1.165, 1.54) is 0 Å². The van der Waals surface area contributed by atoms with Crippen molar-refractivity contribution in [1.82, 2.24) is 4.90 Å². The number of halogens is 1. The predicted molar refractivity (Wildman–Crippen MR) is 122 cm³/mol. The number of carbonyl (C=O) groups is 2. The van der Waals surface area contributed by atoms with Gasteiger partial charge in [-0.25, -0.2) is 0 Å². The Morgan fingerprint density at radius 2 is 1.65 bits per heavy atom. The molecular formula is C26H24ClNO3. The van der Waals surface area contributed by atoms with Crippen LogP contribution in [0, 0.1) is 5.92 Å². The van der Waals surface area contributed by atoms with Crippen molar-refractivity contribution < 1.29 is 14.3 Å². The summed E-state index contributed by atoms with van der Waals surface area (Å²) in [6.07, 6.45) is 0.635. The molecule has 0 spiro atoms. The average molecular weight is 434 g/mol. The second-order valence-corrected chi connectivity index (χ2v) is 8.16. The fourth-order valence-electron chi connectivity index (χ4n) is 4.39. The Kier molecular flexibility index (Phi) is 6.10. The summed E-state index contributed by atoms with van der Waals surface area (Å²) in [5, 5.41) is 0.574. The molecule has 4 nitrogen and oxygen atoms in total. The normalized spacial score (nSPS) is 18.1. The summed E-state index contributed by atoms with van der Waals surface area (Å²) >= 11 is 6.45. The van der Waals surface area contributed by atoms with E-state index in [1.54, 1.807) is 25.0 Å². The molecule has 1 heterocycles. The fourth-order valence-corrected chi connectivity index (χ4v) is 4.63. The molecule has 158 valence electrons. The van der Waals surface area contributed by atoms with Crippen LogP contribution in [0.2, 0.25) is 5.02 Å². The Bertz CT molecular complexity index is 1110. The number of carbonyl (C=O) groups excluding carboxylic acids is 2. The number of Topliss-reactive ketones (excluding diaryl/α,β-unsaturated/α-hetero) is 1. The molecule has 3 aromatic rings. The lowest BCUT2D eigenvalue weighted by molar-refractivity contribution is -0.121. The molecule has 0 saturated carbocycles. The van der Waals surface area contributed by atoms with Gasteiger partial charge >= 0.3 is 0 Å². The van der Waals surface area contributed by atoms with E-state index in [0.29, 0.717) is 23.6 Å². The number of likely N-dealkylation sites (tertiary alicyclic amines) is 1. The van der Waals surface area contributed by atoms with Crippen LogP contribution < -0.4 is 4.74 Å². The van der Waals surface area contributed by atoms with Crippen LogP contribution in [0.1, 0.15) is 35.3 Å². The Labute approximate surface area is 187 Å². The summed E-state index contributed by atoms with van der Waals surface area (Å²) in [4.78, 5) is 27.5. The van der Waals surface area contributed by atoms with Crippen LogP contribution in [0.25, 0.3) is 11.1 Å². The zero-order valence-corrected chi connectivity index (χ0v) is 18.3. The molecule has 2 atom stereocenters. The highest BCUT2D eigenvalue weighted by Gasteiger charge is 2.41. The monoisotopic (exact) mass is 433 g/mol. The number of rotatable bonds is 5. The quantitative estimate of drug-likeness (QED) is 0.510. The van der Waals surface area contributed by atoms with Crippen molar-refractivity contribution in [2.75, 3.05) is 13.7 Å². The zero-order chi connectivity index (χ0) is 22.0. The molecule has 0 radical (unpaired) electrons. The summed E-state index contributed by atoms with van der Waals surface area (Å²) in [7, 11) is 1.64. The maximum atomic E-state index is 13.4. The number of hydrogen-bond donors (Lipinski definition) is 0. The van der Waals surface area contributed by atoms with Crippen LogP contribution in [0.3, 0.4) is 0 Å². The molecule has 0 aromatic heterocycles. The molecule has 1 unspecified atom stereocenters. The van der Waals surface area contributed by atoms with Crippen molar-refractivity contribution in [3.63, 3.8) is 0 Å². The lowest BCUT2D eigenvalue weighted by Crippen LogP contribution is -2.33. The summed E-state index contributed by atoms with van der Waals surface area (Å²) in [5.74, 6) is 0.507. The first-order chi connectivity index (χ1) is 15.0. The van der Waals surface area contributed by atoms with Crippen LogP contribution in [0.5, 0.6) is 5.75 Å². The Hall–Kier alpha value is -3.11. The molecule has 0 bridgehead atoms. The van der Waals surface area contributed by atoms with Gasteiger partial charge in [0.05, 0.1) is 13.2 Å². The van der Waals surface area contributed by atoms with E-state index in [9.17, 15) is 9.59 Å². The second kappa shape index (κ2) is 8.94. The molecule has 4 rings (SSSR count). The number of hydrogen-bond acceptors (Lipinski definition) is 3. The molecule has 0 aliphatic carbocycles. The largest absolute Gasteiger partial charge is 0.496 e. The molecule has 1 aliphatic rings. The van der Waals surface area contributed by atoms with Crippen molar-refractivity contribution in [3.05, 3.63) is 88.9 Å². The number of methoxy groups -OCH3 is 1. The SMILES string of the molecule is COc1ccccc1-c1ccc(C(=O)N2CCC(C(C)=O)[C@@H]2c2ccccc2Cl)cc1. The van der Waals surface area contributed by atoms with Crippen molar-refractivity contribution in [2.45, 2.75) is 19.4 Å². The number of ketones is 1. The van der Waals surface area contributed by atoms with Gasteiger partial charge < -0.3 is 9.64 Å². The molecule has 31 heavy (non-hydrogen) atoms.